The number of methoxy groups -OCH3 is 1. The first-order chi connectivity index (χ1) is 12.3. The monoisotopic (exact) mass is 367 g/mol. The number of aromatic nitrogens is 3. The van der Waals surface area contributed by atoms with Crippen LogP contribution >= 0.6 is 0 Å². The third kappa shape index (κ3) is 3.53. The molecule has 10 heteroatoms. The number of anilines is 3. The highest BCUT2D eigenvalue weighted by molar-refractivity contribution is 5.73. The lowest BCUT2D eigenvalue weighted by Gasteiger charge is -2.16. The maximum Gasteiger partial charge on any atom is 0.417 e. The lowest BCUT2D eigenvalue weighted by atomic mass is 9.97. The van der Waals surface area contributed by atoms with Crippen molar-refractivity contribution in [2.45, 2.75) is 6.18 Å². The molecule has 0 bridgehead atoms. The minimum Gasteiger partial charge on any atom is -0.497 e. The Hall–Kier alpha value is -3.30. The van der Waals surface area contributed by atoms with E-state index in [1.165, 1.54) is 31.4 Å². The number of alkyl halides is 3. The molecule has 4 N–H and O–H groups in total. The maximum absolute atomic E-state index is 14.6. The fourth-order valence-corrected chi connectivity index (χ4v) is 2.42. The molecule has 0 aliphatic rings. The Bertz CT molecular complexity index is 921. The number of nitrogen functional groups attached to an aromatic ring is 1. The van der Waals surface area contributed by atoms with Gasteiger partial charge in [0.1, 0.15) is 11.6 Å². The Labute approximate surface area is 145 Å². The number of benzene rings is 2. The van der Waals surface area contributed by atoms with Crippen LogP contribution < -0.4 is 15.8 Å². The maximum atomic E-state index is 14.6. The fourth-order valence-electron chi connectivity index (χ4n) is 2.42. The molecule has 0 spiro atoms. The van der Waals surface area contributed by atoms with Crippen molar-refractivity contribution in [3.8, 4) is 16.9 Å². The molecule has 2 aromatic carbocycles. The molecular weight excluding hydrogens is 354 g/mol. The van der Waals surface area contributed by atoms with Gasteiger partial charge in [0.15, 0.2) is 0 Å². The van der Waals surface area contributed by atoms with E-state index >= 15 is 0 Å². The molecule has 0 saturated heterocycles. The summed E-state index contributed by atoms with van der Waals surface area (Å²) in [5.41, 5.74) is 3.57. The molecule has 0 radical (unpaired) electrons. The number of nitrogens with two attached hydrogens (primary N) is 1. The Morgan fingerprint density at radius 1 is 1.15 bits per heavy atom. The Morgan fingerprint density at radius 3 is 2.38 bits per heavy atom. The van der Waals surface area contributed by atoms with Crippen LogP contribution in [-0.4, -0.2) is 22.3 Å². The van der Waals surface area contributed by atoms with E-state index in [-0.39, 0.29) is 23.1 Å². The number of rotatable bonds is 4. The van der Waals surface area contributed by atoms with Gasteiger partial charge < -0.3 is 15.8 Å². The van der Waals surface area contributed by atoms with Gasteiger partial charge in [-0.25, -0.2) is 9.49 Å². The molecule has 136 valence electrons. The van der Waals surface area contributed by atoms with Crippen molar-refractivity contribution in [3.63, 3.8) is 0 Å². The van der Waals surface area contributed by atoms with Crippen molar-refractivity contribution in [2.24, 2.45) is 0 Å². The van der Waals surface area contributed by atoms with E-state index in [0.717, 1.165) is 12.1 Å². The minimum atomic E-state index is -4.77. The highest BCUT2D eigenvalue weighted by Crippen LogP contribution is 2.41. The van der Waals surface area contributed by atoms with E-state index in [1.54, 1.807) is 0 Å². The van der Waals surface area contributed by atoms with Crippen molar-refractivity contribution < 1.29 is 22.3 Å². The molecule has 0 saturated carbocycles. The molecule has 0 aliphatic heterocycles. The van der Waals surface area contributed by atoms with E-state index in [0.29, 0.717) is 5.75 Å². The molecule has 1 aromatic heterocycles. The Balaban J connectivity index is 2.08. The van der Waals surface area contributed by atoms with Crippen LogP contribution in [0.15, 0.2) is 36.4 Å². The lowest BCUT2D eigenvalue weighted by molar-refractivity contribution is -0.137. The number of ether oxygens (including phenoxy) is 1. The van der Waals surface area contributed by atoms with Gasteiger partial charge in [0, 0.05) is 11.3 Å². The average molecular weight is 367 g/mol. The summed E-state index contributed by atoms with van der Waals surface area (Å²) < 4.78 is 60.1. The van der Waals surface area contributed by atoms with Gasteiger partial charge in [0.05, 0.1) is 12.7 Å². The Kier molecular flexibility index (Phi) is 4.41. The van der Waals surface area contributed by atoms with E-state index in [9.17, 15) is 17.6 Å². The number of H-pyrrole nitrogens is 1. The number of nitrogens with zero attached hydrogens (tertiary/aromatic N) is 2. The molecule has 0 atom stereocenters. The van der Waals surface area contributed by atoms with Crippen molar-refractivity contribution in [3.05, 3.63) is 47.8 Å². The van der Waals surface area contributed by atoms with E-state index in [2.05, 4.69) is 20.5 Å². The van der Waals surface area contributed by atoms with Crippen molar-refractivity contribution in [1.29, 1.82) is 0 Å². The number of aromatic amines is 1. The van der Waals surface area contributed by atoms with Crippen molar-refractivity contribution in [1.82, 2.24) is 15.2 Å². The fraction of sp³-hybridized carbons (Fsp3) is 0.125. The van der Waals surface area contributed by atoms with Crippen LogP contribution in [0.5, 0.6) is 5.75 Å². The molecule has 26 heavy (non-hydrogen) atoms. The summed E-state index contributed by atoms with van der Waals surface area (Å²) in [6, 6.07) is 7.36. The summed E-state index contributed by atoms with van der Waals surface area (Å²) in [7, 11) is 1.42. The van der Waals surface area contributed by atoms with Gasteiger partial charge in [0.25, 0.3) is 0 Å². The molecule has 3 rings (SSSR count). The second-order valence-electron chi connectivity index (χ2n) is 5.27. The topological polar surface area (TPSA) is 88.8 Å². The second kappa shape index (κ2) is 6.54. The first-order valence-corrected chi connectivity index (χ1v) is 7.28. The first kappa shape index (κ1) is 17.5. The second-order valence-corrected chi connectivity index (χ2v) is 5.27. The van der Waals surface area contributed by atoms with Crippen molar-refractivity contribution >= 4 is 17.6 Å². The normalized spacial score (nSPS) is 11.4. The minimum absolute atomic E-state index is 0.00720. The van der Waals surface area contributed by atoms with Crippen LogP contribution in [0.4, 0.5) is 35.1 Å². The molecule has 3 aromatic rings. The summed E-state index contributed by atoms with van der Waals surface area (Å²) in [5, 5.41) is 8.42. The summed E-state index contributed by atoms with van der Waals surface area (Å²) in [6.45, 7) is 0. The van der Waals surface area contributed by atoms with Crippen LogP contribution in [0.3, 0.4) is 0 Å². The highest BCUT2D eigenvalue weighted by Gasteiger charge is 2.36. The van der Waals surface area contributed by atoms with Crippen LogP contribution in [0.1, 0.15) is 5.56 Å². The van der Waals surface area contributed by atoms with Gasteiger partial charge >= 0.3 is 6.18 Å². The predicted molar refractivity (Wildman–Crippen MR) is 87.5 cm³/mol. The van der Waals surface area contributed by atoms with Gasteiger partial charge in [-0.1, -0.05) is 12.1 Å². The largest absolute Gasteiger partial charge is 0.497 e. The van der Waals surface area contributed by atoms with Crippen LogP contribution in [0.2, 0.25) is 0 Å². The van der Waals surface area contributed by atoms with Gasteiger partial charge in [-0.2, -0.15) is 18.2 Å². The van der Waals surface area contributed by atoms with Gasteiger partial charge in [-0.15, -0.1) is 5.10 Å². The van der Waals surface area contributed by atoms with E-state index < -0.39 is 23.1 Å². The third-order valence-electron chi connectivity index (χ3n) is 3.54. The van der Waals surface area contributed by atoms with Crippen LogP contribution in [0, 0.1) is 5.82 Å². The van der Waals surface area contributed by atoms with Gasteiger partial charge in [-0.05, 0) is 29.8 Å². The third-order valence-corrected chi connectivity index (χ3v) is 3.54. The Morgan fingerprint density at radius 2 is 1.85 bits per heavy atom. The summed E-state index contributed by atoms with van der Waals surface area (Å²) in [5.74, 6) is -0.699. The quantitative estimate of drug-likeness (QED) is 0.608. The molecule has 1 heterocycles. The first-order valence-electron chi connectivity index (χ1n) is 7.28. The zero-order chi connectivity index (χ0) is 18.9. The van der Waals surface area contributed by atoms with Crippen LogP contribution in [-0.2, 0) is 6.18 Å². The van der Waals surface area contributed by atoms with E-state index in [1.807, 2.05) is 0 Å². The highest BCUT2D eigenvalue weighted by atomic mass is 19.4. The molecule has 0 unspecified atom stereocenters. The molecule has 6 nitrogen and oxygen atoms in total. The summed E-state index contributed by atoms with van der Waals surface area (Å²) >= 11 is 0. The van der Waals surface area contributed by atoms with Crippen LogP contribution in [0.25, 0.3) is 11.1 Å². The SMILES string of the molecule is COc1ccc(-c2c(F)cc(Nc3nc(N)n[nH]3)cc2C(F)(F)F)cc1. The molecule has 0 amide bonds. The predicted octanol–water partition coefficient (Wildman–Crippen LogP) is 3.96. The summed E-state index contributed by atoms with van der Waals surface area (Å²) in [4.78, 5) is 3.71. The molecule has 0 aliphatic carbocycles. The van der Waals surface area contributed by atoms with E-state index in [4.69, 9.17) is 10.5 Å². The van der Waals surface area contributed by atoms with Gasteiger partial charge in [0.2, 0.25) is 11.9 Å². The zero-order valence-electron chi connectivity index (χ0n) is 13.4. The number of nitrogens with one attached hydrogen (secondary N) is 2. The van der Waals surface area contributed by atoms with Crippen molar-refractivity contribution in [2.75, 3.05) is 18.2 Å². The average Bonchev–Trinajstić information content (AvgIpc) is 2.98. The zero-order valence-corrected chi connectivity index (χ0v) is 13.4. The standard InChI is InChI=1S/C16H13F4N5O/c1-26-10-4-2-8(3-5-10)13-11(16(18,19)20)6-9(7-12(13)17)22-15-23-14(21)24-25-15/h2-7H,1H3,(H4,21,22,23,24,25). The van der Waals surface area contributed by atoms with Gasteiger partial charge in [-0.3, -0.25) is 0 Å². The lowest BCUT2D eigenvalue weighted by Crippen LogP contribution is -2.10. The molecule has 0 fully saturated rings. The smallest absolute Gasteiger partial charge is 0.417 e. The number of hydrogen-bond donors (Lipinski definition) is 3. The molecular formula is C16H13F4N5O. The summed E-state index contributed by atoms with van der Waals surface area (Å²) in [6.07, 6.45) is -4.77. The number of halogens is 4. The number of hydrogen-bond acceptors (Lipinski definition) is 5.